The third kappa shape index (κ3) is 5.89. The summed E-state index contributed by atoms with van der Waals surface area (Å²) in [5.74, 6) is 0.152. The van der Waals surface area contributed by atoms with Crippen molar-refractivity contribution < 1.29 is 17.9 Å². The Kier molecular flexibility index (Phi) is 7.20. The second-order valence-electron chi connectivity index (χ2n) is 7.46. The second kappa shape index (κ2) is 9.84. The van der Waals surface area contributed by atoms with Gasteiger partial charge in [-0.3, -0.25) is 9.10 Å². The van der Waals surface area contributed by atoms with E-state index in [2.05, 4.69) is 22.3 Å². The predicted octanol–water partition coefficient (Wildman–Crippen LogP) is 2.77. The van der Waals surface area contributed by atoms with Gasteiger partial charge in [-0.1, -0.05) is 18.2 Å². The van der Waals surface area contributed by atoms with Crippen molar-refractivity contribution in [1.82, 2.24) is 5.32 Å². The Bertz CT molecular complexity index is 955. The van der Waals surface area contributed by atoms with Crippen LogP contribution in [0, 0.1) is 0 Å². The lowest BCUT2D eigenvalue weighted by Crippen LogP contribution is -2.40. The highest BCUT2D eigenvalue weighted by molar-refractivity contribution is 7.92. The Morgan fingerprint density at radius 3 is 2.43 bits per heavy atom. The number of ether oxygens (including phenoxy) is 1. The van der Waals surface area contributed by atoms with Crippen molar-refractivity contribution >= 4 is 27.3 Å². The number of piperidine rings is 1. The smallest absolute Gasteiger partial charge is 0.241 e. The first-order chi connectivity index (χ1) is 14.4. The van der Waals surface area contributed by atoms with Gasteiger partial charge in [0.25, 0.3) is 0 Å². The maximum Gasteiger partial charge on any atom is 0.241 e. The van der Waals surface area contributed by atoms with Crippen LogP contribution in [-0.2, 0) is 21.4 Å². The van der Waals surface area contributed by atoms with Crippen LogP contribution in [0.3, 0.4) is 0 Å². The lowest BCUT2D eigenvalue weighted by molar-refractivity contribution is -0.119. The van der Waals surface area contributed by atoms with E-state index < -0.39 is 10.0 Å². The quantitative estimate of drug-likeness (QED) is 0.695. The molecular formula is C22H29N3O4S. The van der Waals surface area contributed by atoms with E-state index in [9.17, 15) is 13.2 Å². The highest BCUT2D eigenvalue weighted by atomic mass is 32.2. The zero-order valence-electron chi connectivity index (χ0n) is 17.5. The number of hydrogen-bond acceptors (Lipinski definition) is 5. The molecule has 2 aromatic carbocycles. The minimum absolute atomic E-state index is 0.294. The Morgan fingerprint density at radius 2 is 1.80 bits per heavy atom. The summed E-state index contributed by atoms with van der Waals surface area (Å²) in [7, 11) is -2.12. The van der Waals surface area contributed by atoms with E-state index in [-0.39, 0.29) is 12.5 Å². The summed E-state index contributed by atoms with van der Waals surface area (Å²) in [5, 5.41) is 2.81. The lowest BCUT2D eigenvalue weighted by Gasteiger charge is -2.28. The average molecular weight is 432 g/mol. The maximum atomic E-state index is 12.5. The third-order valence-electron chi connectivity index (χ3n) is 5.18. The van der Waals surface area contributed by atoms with Crippen LogP contribution in [0.25, 0.3) is 0 Å². The van der Waals surface area contributed by atoms with Crippen molar-refractivity contribution in [2.75, 3.05) is 42.2 Å². The first-order valence-corrected chi connectivity index (χ1v) is 11.9. The zero-order chi connectivity index (χ0) is 21.6. The van der Waals surface area contributed by atoms with Gasteiger partial charge in [0.2, 0.25) is 15.9 Å². The minimum atomic E-state index is -3.63. The van der Waals surface area contributed by atoms with Gasteiger partial charge in [0.15, 0.2) is 0 Å². The largest absolute Gasteiger partial charge is 0.497 e. The lowest BCUT2D eigenvalue weighted by atomic mass is 10.1. The molecule has 30 heavy (non-hydrogen) atoms. The first kappa shape index (κ1) is 22.0. The average Bonchev–Trinajstić information content (AvgIpc) is 2.76. The molecule has 162 valence electrons. The minimum Gasteiger partial charge on any atom is -0.497 e. The van der Waals surface area contributed by atoms with Gasteiger partial charge >= 0.3 is 0 Å². The Morgan fingerprint density at radius 1 is 1.10 bits per heavy atom. The molecule has 2 aromatic rings. The fraction of sp³-hybridized carbons (Fsp3) is 0.409. The van der Waals surface area contributed by atoms with E-state index in [1.807, 2.05) is 12.1 Å². The Hall–Kier alpha value is -2.74. The van der Waals surface area contributed by atoms with Crippen molar-refractivity contribution in [3.8, 4) is 5.75 Å². The number of nitrogens with one attached hydrogen (secondary N) is 1. The fourth-order valence-electron chi connectivity index (χ4n) is 3.53. The molecule has 0 aliphatic carbocycles. The van der Waals surface area contributed by atoms with E-state index in [1.165, 1.54) is 32.1 Å². The van der Waals surface area contributed by atoms with Crippen LogP contribution in [0.5, 0.6) is 5.75 Å². The van der Waals surface area contributed by atoms with Crippen molar-refractivity contribution in [1.29, 1.82) is 0 Å². The number of nitrogens with zero attached hydrogens (tertiary/aromatic N) is 2. The van der Waals surface area contributed by atoms with Crippen molar-refractivity contribution in [2.24, 2.45) is 0 Å². The van der Waals surface area contributed by atoms with E-state index in [0.29, 0.717) is 18.0 Å². The van der Waals surface area contributed by atoms with E-state index in [1.54, 1.807) is 24.3 Å². The predicted molar refractivity (Wildman–Crippen MR) is 120 cm³/mol. The Balaban J connectivity index is 1.60. The van der Waals surface area contributed by atoms with Gasteiger partial charge in [0.05, 0.1) is 19.1 Å². The van der Waals surface area contributed by atoms with Crippen molar-refractivity contribution in [3.63, 3.8) is 0 Å². The molecule has 0 atom stereocenters. The molecule has 0 bridgehead atoms. The summed E-state index contributed by atoms with van der Waals surface area (Å²) in [6.45, 7) is 2.22. The summed E-state index contributed by atoms with van der Waals surface area (Å²) in [5.41, 5.74) is 2.56. The van der Waals surface area contributed by atoms with Crippen LogP contribution in [0.1, 0.15) is 24.8 Å². The van der Waals surface area contributed by atoms with Crippen LogP contribution in [0.15, 0.2) is 48.5 Å². The second-order valence-corrected chi connectivity index (χ2v) is 9.37. The number of carbonyl (C=O) groups is 1. The molecule has 0 unspecified atom stereocenters. The Labute approximate surface area is 178 Å². The molecule has 0 saturated carbocycles. The molecule has 0 radical (unpaired) electrons. The number of rotatable bonds is 8. The van der Waals surface area contributed by atoms with Crippen LogP contribution in [0.4, 0.5) is 11.4 Å². The number of hydrogen-bond donors (Lipinski definition) is 1. The molecule has 1 N–H and O–H groups in total. The topological polar surface area (TPSA) is 79.0 Å². The van der Waals surface area contributed by atoms with E-state index in [0.717, 1.165) is 29.2 Å². The standard InChI is InChI=1S/C22H29N3O4S/c1-29-21-8-6-7-20(15-21)25(30(2,27)28)17-22(26)23-16-18-9-11-19(12-10-18)24-13-4-3-5-14-24/h6-12,15H,3-5,13-14,16-17H2,1-2H3,(H,23,26). The van der Waals surface area contributed by atoms with Gasteiger partial charge in [-0.05, 0) is 49.1 Å². The molecule has 1 saturated heterocycles. The number of amides is 1. The summed E-state index contributed by atoms with van der Waals surface area (Å²) in [4.78, 5) is 14.8. The highest BCUT2D eigenvalue weighted by Gasteiger charge is 2.21. The van der Waals surface area contributed by atoms with Crippen LogP contribution < -0.4 is 19.3 Å². The van der Waals surface area contributed by atoms with Crippen molar-refractivity contribution in [3.05, 3.63) is 54.1 Å². The molecule has 8 heteroatoms. The van der Waals surface area contributed by atoms with Gasteiger partial charge in [-0.25, -0.2) is 8.42 Å². The first-order valence-electron chi connectivity index (χ1n) is 10.1. The number of anilines is 2. The number of sulfonamides is 1. The van der Waals surface area contributed by atoms with Crippen LogP contribution in [-0.4, -0.2) is 47.3 Å². The number of methoxy groups -OCH3 is 1. The number of carbonyl (C=O) groups excluding carboxylic acids is 1. The summed E-state index contributed by atoms with van der Waals surface area (Å²) >= 11 is 0. The fourth-order valence-corrected chi connectivity index (χ4v) is 4.38. The molecule has 0 spiro atoms. The molecule has 3 rings (SSSR count). The molecule has 1 aliphatic heterocycles. The van der Waals surface area contributed by atoms with Gasteiger partial charge in [-0.2, -0.15) is 0 Å². The zero-order valence-corrected chi connectivity index (χ0v) is 18.3. The van der Waals surface area contributed by atoms with Crippen LogP contribution in [0.2, 0.25) is 0 Å². The monoisotopic (exact) mass is 431 g/mol. The molecule has 0 aromatic heterocycles. The summed E-state index contributed by atoms with van der Waals surface area (Å²) < 4.78 is 30.7. The molecule has 1 amide bonds. The molecule has 1 heterocycles. The SMILES string of the molecule is COc1cccc(N(CC(=O)NCc2ccc(N3CCCCC3)cc2)S(C)(=O)=O)c1. The van der Waals surface area contributed by atoms with Gasteiger partial charge < -0.3 is 15.0 Å². The van der Waals surface area contributed by atoms with Crippen molar-refractivity contribution in [2.45, 2.75) is 25.8 Å². The van der Waals surface area contributed by atoms with E-state index in [4.69, 9.17) is 4.74 Å². The third-order valence-corrected chi connectivity index (χ3v) is 6.32. The highest BCUT2D eigenvalue weighted by Crippen LogP contribution is 2.23. The van der Waals surface area contributed by atoms with Crippen LogP contribution >= 0.6 is 0 Å². The summed E-state index contributed by atoms with van der Waals surface area (Å²) in [6.07, 6.45) is 4.82. The number of benzene rings is 2. The normalized spacial score (nSPS) is 14.3. The maximum absolute atomic E-state index is 12.5. The molecular weight excluding hydrogens is 402 g/mol. The van der Waals surface area contributed by atoms with Gasteiger partial charge in [0, 0.05) is 31.4 Å². The van der Waals surface area contributed by atoms with Gasteiger partial charge in [-0.15, -0.1) is 0 Å². The molecule has 7 nitrogen and oxygen atoms in total. The van der Waals surface area contributed by atoms with Gasteiger partial charge in [0.1, 0.15) is 12.3 Å². The molecule has 1 aliphatic rings. The molecule has 1 fully saturated rings. The van der Waals surface area contributed by atoms with E-state index >= 15 is 0 Å². The summed E-state index contributed by atoms with van der Waals surface area (Å²) in [6, 6.07) is 14.8.